The first-order valence-corrected chi connectivity index (χ1v) is 22.9. The monoisotopic (exact) mass is 920 g/mol. The third-order valence-corrected chi connectivity index (χ3v) is 13.9. The third-order valence-electron chi connectivity index (χ3n) is 9.39. The van der Waals surface area contributed by atoms with Crippen molar-refractivity contribution >= 4 is 109 Å². The van der Waals surface area contributed by atoms with Crippen LogP contribution in [0.2, 0.25) is 0 Å². The van der Waals surface area contributed by atoms with Crippen LogP contribution in [0.5, 0.6) is 11.5 Å². The predicted octanol–water partition coefficient (Wildman–Crippen LogP) is 12.5. The first-order chi connectivity index (χ1) is 31.3. The number of nitrogens with zero attached hydrogens (tertiary/aromatic N) is 8. The van der Waals surface area contributed by atoms with Crippen LogP contribution in [0, 0.1) is 45.3 Å². The summed E-state index contributed by atoms with van der Waals surface area (Å²) in [7, 11) is 0. The van der Waals surface area contributed by atoms with Gasteiger partial charge in [-0.25, -0.2) is 28.7 Å². The standard InChI is InChI=1S/C46H32N8O6S4/c1-3-15-57-33-19-37(51-29(21-47)22-48)63-41(33)31-17-35-39(53(31)45(55)59-25-27-11-7-5-8-12-27)43-44(61-35)40-36(62-43)18-32(54(40)46(56)60-26-28-13-9-6-10-14-28)42-34(58-16-4-2)20-38(64-42)52-30(23-49)24-50/h5-14,17-20H,3-4,15-16,25-26H2,1-2H3. The Bertz CT molecular complexity index is 3050. The molecule has 0 unspecified atom stereocenters. The molecule has 0 aliphatic carbocycles. The molecule has 0 aliphatic rings. The van der Waals surface area contributed by atoms with Crippen molar-refractivity contribution in [1.82, 2.24) is 9.13 Å². The van der Waals surface area contributed by atoms with Crippen LogP contribution in [0.25, 0.3) is 51.0 Å². The van der Waals surface area contributed by atoms with Crippen LogP contribution in [-0.4, -0.2) is 46.0 Å². The lowest BCUT2D eigenvalue weighted by molar-refractivity contribution is 0.142. The molecule has 0 N–H and O–H groups in total. The zero-order valence-electron chi connectivity index (χ0n) is 34.0. The zero-order chi connectivity index (χ0) is 44.7. The molecule has 0 atom stereocenters. The summed E-state index contributed by atoms with van der Waals surface area (Å²) in [6, 6.07) is 32.8. The molecule has 6 aromatic heterocycles. The molecule has 14 nitrogen and oxygen atoms in total. The average molecular weight is 921 g/mol. The van der Waals surface area contributed by atoms with Crippen LogP contribution in [0.4, 0.5) is 19.6 Å². The third kappa shape index (κ3) is 8.59. The number of carbonyl (C=O) groups excluding carboxylic acids is 2. The van der Waals surface area contributed by atoms with E-state index in [1.54, 1.807) is 36.4 Å². The van der Waals surface area contributed by atoms with Crippen molar-refractivity contribution < 1.29 is 28.5 Å². The average Bonchev–Trinajstić information content (AvgIpc) is 4.18. The maximum absolute atomic E-state index is 14.5. The number of hydrogen-bond donors (Lipinski definition) is 0. The Morgan fingerprint density at radius 1 is 0.578 bits per heavy atom. The first-order valence-electron chi connectivity index (χ1n) is 19.6. The van der Waals surface area contributed by atoms with E-state index in [1.165, 1.54) is 54.5 Å². The molecule has 6 heterocycles. The zero-order valence-corrected chi connectivity index (χ0v) is 37.3. The van der Waals surface area contributed by atoms with E-state index in [0.29, 0.717) is 98.5 Å². The number of thiophene rings is 4. The molecule has 64 heavy (non-hydrogen) atoms. The van der Waals surface area contributed by atoms with Crippen LogP contribution >= 0.6 is 45.3 Å². The number of nitriles is 4. The van der Waals surface area contributed by atoms with E-state index >= 15 is 0 Å². The van der Waals surface area contributed by atoms with Crippen molar-refractivity contribution in [1.29, 1.82) is 21.0 Å². The van der Waals surface area contributed by atoms with Crippen molar-refractivity contribution in [2.75, 3.05) is 13.2 Å². The lowest BCUT2D eigenvalue weighted by atomic mass is 10.2. The fraction of sp³-hybridized carbons (Fsp3) is 0.174. The van der Waals surface area contributed by atoms with Gasteiger partial charge in [0.2, 0.25) is 11.4 Å². The van der Waals surface area contributed by atoms with E-state index < -0.39 is 12.2 Å². The number of carbonyl (C=O) groups is 2. The number of hydrogen-bond acceptors (Lipinski definition) is 16. The van der Waals surface area contributed by atoms with Gasteiger partial charge >= 0.3 is 12.2 Å². The van der Waals surface area contributed by atoms with Gasteiger partial charge in [-0.2, -0.15) is 21.0 Å². The van der Waals surface area contributed by atoms with Crippen molar-refractivity contribution in [3.05, 3.63) is 96.1 Å². The molecule has 8 rings (SSSR count). The van der Waals surface area contributed by atoms with E-state index in [4.69, 9.17) is 18.9 Å². The lowest BCUT2D eigenvalue weighted by Crippen LogP contribution is -2.15. The number of fused-ring (bicyclic) bond motifs is 5. The second-order valence-electron chi connectivity index (χ2n) is 13.7. The van der Waals surface area contributed by atoms with Gasteiger partial charge in [0.25, 0.3) is 0 Å². The van der Waals surface area contributed by atoms with Gasteiger partial charge in [-0.15, -0.1) is 45.3 Å². The lowest BCUT2D eigenvalue weighted by Gasteiger charge is -2.12. The van der Waals surface area contributed by atoms with Crippen LogP contribution in [0.3, 0.4) is 0 Å². The summed E-state index contributed by atoms with van der Waals surface area (Å²) in [5.74, 6) is 0.843. The SMILES string of the molecule is CCCOc1cc(N=C(C#N)C#N)sc1-c1cc2sc3c(sc4cc(-c5sc(N=C(C#N)C#N)cc5OCCC)n(C(=O)OCc5ccccc5)c43)c2n1C(=O)OCc1ccccc1. The molecule has 0 radical (unpaired) electrons. The minimum absolute atomic E-state index is 0.00742. The molecular formula is C46H32N8O6S4. The molecule has 0 aliphatic heterocycles. The number of benzene rings is 2. The van der Waals surface area contributed by atoms with Gasteiger partial charge in [0.05, 0.1) is 64.2 Å². The summed E-state index contributed by atoms with van der Waals surface area (Å²) in [4.78, 5) is 38.6. The molecule has 2 aromatic carbocycles. The van der Waals surface area contributed by atoms with Gasteiger partial charge in [-0.3, -0.25) is 0 Å². The van der Waals surface area contributed by atoms with E-state index in [-0.39, 0.29) is 24.6 Å². The van der Waals surface area contributed by atoms with E-state index in [9.17, 15) is 30.6 Å². The highest BCUT2D eigenvalue weighted by Gasteiger charge is 2.31. The highest BCUT2D eigenvalue weighted by molar-refractivity contribution is 7.36. The fourth-order valence-electron chi connectivity index (χ4n) is 6.66. The fourth-order valence-corrected chi connectivity index (χ4v) is 11.3. The summed E-state index contributed by atoms with van der Waals surface area (Å²) in [6.07, 6.45) is 0.0637. The molecule has 0 spiro atoms. The molecule has 0 amide bonds. The summed E-state index contributed by atoms with van der Waals surface area (Å²) in [5.41, 5.74) is 2.93. The van der Waals surface area contributed by atoms with Gasteiger partial charge in [0.1, 0.15) is 59.0 Å². The predicted molar refractivity (Wildman–Crippen MR) is 250 cm³/mol. The van der Waals surface area contributed by atoms with E-state index in [1.807, 2.05) is 86.6 Å². The number of aromatic nitrogens is 2. The van der Waals surface area contributed by atoms with Crippen molar-refractivity contribution in [2.24, 2.45) is 9.98 Å². The van der Waals surface area contributed by atoms with Crippen LogP contribution < -0.4 is 9.47 Å². The molecule has 316 valence electrons. The summed E-state index contributed by atoms with van der Waals surface area (Å²) in [6.45, 7) is 4.63. The maximum Gasteiger partial charge on any atom is 0.419 e. The van der Waals surface area contributed by atoms with Crippen LogP contribution in [-0.2, 0) is 22.7 Å². The van der Waals surface area contributed by atoms with Crippen molar-refractivity contribution in [2.45, 2.75) is 39.9 Å². The van der Waals surface area contributed by atoms with Gasteiger partial charge < -0.3 is 18.9 Å². The summed E-state index contributed by atoms with van der Waals surface area (Å²) >= 11 is 5.10. The molecule has 0 bridgehead atoms. The normalized spacial score (nSPS) is 10.8. The Balaban J connectivity index is 1.35. The first kappa shape index (κ1) is 43.1. The smallest absolute Gasteiger partial charge is 0.419 e. The van der Waals surface area contributed by atoms with Crippen molar-refractivity contribution in [3.63, 3.8) is 0 Å². The highest BCUT2D eigenvalue weighted by atomic mass is 32.1. The molecule has 0 saturated carbocycles. The minimum Gasteiger partial charge on any atom is -0.492 e. The van der Waals surface area contributed by atoms with Gasteiger partial charge in [-0.1, -0.05) is 74.5 Å². The molecule has 0 saturated heterocycles. The number of rotatable bonds is 14. The second kappa shape index (κ2) is 19.2. The van der Waals surface area contributed by atoms with Crippen LogP contribution in [0.15, 0.2) is 94.9 Å². The molecular weight excluding hydrogens is 889 g/mol. The highest BCUT2D eigenvalue weighted by Crippen LogP contribution is 2.53. The quantitative estimate of drug-likeness (QED) is 0.0945. The Morgan fingerprint density at radius 3 is 1.33 bits per heavy atom. The topological polar surface area (TPSA) is 201 Å². The second-order valence-corrected chi connectivity index (χ2v) is 17.9. The Morgan fingerprint density at radius 2 is 0.969 bits per heavy atom. The Kier molecular flexibility index (Phi) is 12.9. The largest absolute Gasteiger partial charge is 0.492 e. The Labute approximate surface area is 381 Å². The minimum atomic E-state index is -0.661. The maximum atomic E-state index is 14.5. The Hall–Kier alpha value is -7.58. The molecule has 18 heteroatoms. The summed E-state index contributed by atoms with van der Waals surface area (Å²) in [5, 5.41) is 38.5. The van der Waals surface area contributed by atoms with Gasteiger partial charge in [0, 0.05) is 12.1 Å². The van der Waals surface area contributed by atoms with E-state index in [2.05, 4.69) is 9.98 Å². The van der Waals surface area contributed by atoms with Gasteiger partial charge in [0.15, 0.2) is 0 Å². The van der Waals surface area contributed by atoms with Crippen molar-refractivity contribution in [3.8, 4) is 56.9 Å². The van der Waals surface area contributed by atoms with Gasteiger partial charge in [-0.05, 0) is 36.1 Å². The number of ether oxygens (including phenoxy) is 4. The van der Waals surface area contributed by atoms with E-state index in [0.717, 1.165) is 11.1 Å². The number of aliphatic imine (C=N–C) groups is 2. The molecule has 8 aromatic rings. The molecule has 0 fully saturated rings. The van der Waals surface area contributed by atoms with Crippen LogP contribution in [0.1, 0.15) is 37.8 Å². The summed E-state index contributed by atoms with van der Waals surface area (Å²) < 4.78 is 30.1.